The number of carbonyl (C=O) groups excluding carboxylic acids is 1. The molecule has 2 N–H and O–H groups in total. The number of hydrogen-bond donors (Lipinski definition) is 1. The highest BCUT2D eigenvalue weighted by Crippen LogP contribution is 2.12. The minimum atomic E-state index is -0.146. The number of rotatable bonds is 0. The summed E-state index contributed by atoms with van der Waals surface area (Å²) in [5.41, 5.74) is 5.53. The van der Waals surface area contributed by atoms with E-state index >= 15 is 0 Å². The molecule has 1 aliphatic rings. The van der Waals surface area contributed by atoms with Crippen LogP contribution >= 0.6 is 12.4 Å². The molecule has 0 radical (unpaired) electrons. The van der Waals surface area contributed by atoms with E-state index in [9.17, 15) is 4.79 Å². The van der Waals surface area contributed by atoms with Crippen molar-refractivity contribution in [1.29, 1.82) is 0 Å². The number of ketones is 1. The van der Waals surface area contributed by atoms with E-state index in [4.69, 9.17) is 5.73 Å². The maximum atomic E-state index is 10.9. The van der Waals surface area contributed by atoms with Gasteiger partial charge < -0.3 is 5.73 Å². The molecule has 2 nitrogen and oxygen atoms in total. The van der Waals surface area contributed by atoms with Gasteiger partial charge in [-0.2, -0.15) is 0 Å². The summed E-state index contributed by atoms with van der Waals surface area (Å²) in [5.74, 6) is 0.257. The Morgan fingerprint density at radius 1 is 1.30 bits per heavy atom. The highest BCUT2D eigenvalue weighted by Gasteiger charge is 2.15. The molecule has 10 heavy (non-hydrogen) atoms. The van der Waals surface area contributed by atoms with Crippen molar-refractivity contribution in [3.8, 4) is 0 Å². The van der Waals surface area contributed by atoms with Gasteiger partial charge >= 0.3 is 0 Å². The van der Waals surface area contributed by atoms with E-state index in [-0.39, 0.29) is 24.2 Å². The second kappa shape index (κ2) is 4.69. The lowest BCUT2D eigenvalue weighted by atomic mass is 10.1. The van der Waals surface area contributed by atoms with Crippen LogP contribution in [0.5, 0.6) is 0 Å². The first-order chi connectivity index (χ1) is 4.30. The molecular weight excluding hydrogens is 150 g/mol. The van der Waals surface area contributed by atoms with Crippen LogP contribution in [-0.2, 0) is 4.79 Å². The summed E-state index contributed by atoms with van der Waals surface area (Å²) in [7, 11) is 0. The Hall–Kier alpha value is -0.0800. The van der Waals surface area contributed by atoms with Crippen LogP contribution in [0.4, 0.5) is 0 Å². The van der Waals surface area contributed by atoms with Crippen LogP contribution in [0.3, 0.4) is 0 Å². The predicted octanol–water partition coefficient (Wildman–Crippen LogP) is 1.27. The average Bonchev–Trinajstić information content (AvgIpc) is 1.99. The number of hydrogen-bond acceptors (Lipinski definition) is 2. The molecule has 0 bridgehead atoms. The zero-order valence-electron chi connectivity index (χ0n) is 6.01. The molecule has 1 rings (SSSR count). The van der Waals surface area contributed by atoms with Crippen molar-refractivity contribution in [2.24, 2.45) is 5.73 Å². The third-order valence-electron chi connectivity index (χ3n) is 1.85. The van der Waals surface area contributed by atoms with Gasteiger partial charge in [0.15, 0.2) is 0 Å². The van der Waals surface area contributed by atoms with E-state index in [0.717, 1.165) is 19.3 Å². The fraction of sp³-hybridized carbons (Fsp3) is 0.857. The van der Waals surface area contributed by atoms with Crippen LogP contribution in [0.2, 0.25) is 0 Å². The van der Waals surface area contributed by atoms with Crippen LogP contribution in [0, 0.1) is 0 Å². The number of carbonyl (C=O) groups is 1. The van der Waals surface area contributed by atoms with Gasteiger partial charge in [-0.25, -0.2) is 0 Å². The molecule has 1 saturated carbocycles. The largest absolute Gasteiger partial charge is 0.322 e. The number of halogens is 1. The molecule has 0 spiro atoms. The van der Waals surface area contributed by atoms with Crippen LogP contribution in [0.15, 0.2) is 0 Å². The average molecular weight is 164 g/mol. The second-order valence-electron chi connectivity index (χ2n) is 2.67. The zero-order valence-corrected chi connectivity index (χ0v) is 6.82. The highest BCUT2D eigenvalue weighted by molar-refractivity contribution is 5.85. The van der Waals surface area contributed by atoms with Gasteiger partial charge in [0.1, 0.15) is 5.78 Å². The van der Waals surface area contributed by atoms with Crippen molar-refractivity contribution in [3.63, 3.8) is 0 Å². The van der Waals surface area contributed by atoms with Gasteiger partial charge in [-0.15, -0.1) is 12.4 Å². The molecule has 0 aromatic heterocycles. The van der Waals surface area contributed by atoms with Crippen molar-refractivity contribution in [2.75, 3.05) is 0 Å². The first-order valence-electron chi connectivity index (χ1n) is 3.59. The molecule has 0 aromatic carbocycles. The van der Waals surface area contributed by atoms with Gasteiger partial charge in [0.05, 0.1) is 6.04 Å². The quantitative estimate of drug-likeness (QED) is 0.547. The molecule has 1 aliphatic carbocycles. The Labute approximate surface area is 67.6 Å². The van der Waals surface area contributed by atoms with Crippen molar-refractivity contribution < 1.29 is 4.79 Å². The third kappa shape index (κ3) is 2.67. The van der Waals surface area contributed by atoms with Gasteiger partial charge in [0.25, 0.3) is 0 Å². The summed E-state index contributed by atoms with van der Waals surface area (Å²) >= 11 is 0. The number of nitrogens with two attached hydrogens (primary N) is 1. The summed E-state index contributed by atoms with van der Waals surface area (Å²) in [6.45, 7) is 0. The zero-order chi connectivity index (χ0) is 6.69. The molecule has 0 aliphatic heterocycles. The Bertz CT molecular complexity index is 116. The molecule has 3 heteroatoms. The second-order valence-corrected chi connectivity index (χ2v) is 2.67. The summed E-state index contributed by atoms with van der Waals surface area (Å²) in [6.07, 6.45) is 4.97. The fourth-order valence-corrected chi connectivity index (χ4v) is 1.19. The van der Waals surface area contributed by atoms with Gasteiger partial charge in [-0.3, -0.25) is 4.79 Å². The predicted molar refractivity (Wildman–Crippen MR) is 43.3 cm³/mol. The lowest BCUT2D eigenvalue weighted by Gasteiger charge is -2.02. The van der Waals surface area contributed by atoms with Crippen molar-refractivity contribution in [1.82, 2.24) is 0 Å². The molecule has 0 amide bonds. The van der Waals surface area contributed by atoms with E-state index in [2.05, 4.69) is 0 Å². The first-order valence-corrected chi connectivity index (χ1v) is 3.59. The van der Waals surface area contributed by atoms with Gasteiger partial charge in [0, 0.05) is 6.42 Å². The molecule has 60 valence electrons. The minimum Gasteiger partial charge on any atom is -0.322 e. The Kier molecular flexibility index (Phi) is 4.65. The lowest BCUT2D eigenvalue weighted by molar-refractivity contribution is -0.120. The van der Waals surface area contributed by atoms with E-state index in [1.807, 2.05) is 0 Å². The van der Waals surface area contributed by atoms with E-state index in [0.29, 0.717) is 6.42 Å². The van der Waals surface area contributed by atoms with E-state index in [1.165, 1.54) is 6.42 Å². The Morgan fingerprint density at radius 2 is 2.00 bits per heavy atom. The molecule has 1 atom stereocenters. The summed E-state index contributed by atoms with van der Waals surface area (Å²) < 4.78 is 0. The first kappa shape index (κ1) is 9.92. The summed E-state index contributed by atoms with van der Waals surface area (Å²) in [4.78, 5) is 10.9. The highest BCUT2D eigenvalue weighted by atomic mass is 35.5. The van der Waals surface area contributed by atoms with Gasteiger partial charge in [-0.1, -0.05) is 12.8 Å². The molecule has 0 heterocycles. The van der Waals surface area contributed by atoms with Crippen LogP contribution in [-0.4, -0.2) is 11.8 Å². The summed E-state index contributed by atoms with van der Waals surface area (Å²) in [5, 5.41) is 0. The molecule has 1 unspecified atom stereocenters. The van der Waals surface area contributed by atoms with Crippen molar-refractivity contribution in [3.05, 3.63) is 0 Å². The van der Waals surface area contributed by atoms with E-state index < -0.39 is 0 Å². The van der Waals surface area contributed by atoms with Crippen LogP contribution in [0.1, 0.15) is 32.1 Å². The SMILES string of the molecule is Cl.NC1CCCCCC1=O. The maximum absolute atomic E-state index is 10.9. The third-order valence-corrected chi connectivity index (χ3v) is 1.85. The maximum Gasteiger partial charge on any atom is 0.149 e. The number of Topliss-reactive ketones (excluding diaryl/α,β-unsaturated/α-hetero) is 1. The van der Waals surface area contributed by atoms with Crippen LogP contribution in [0.25, 0.3) is 0 Å². The Balaban J connectivity index is 0.000000810. The lowest BCUT2D eigenvalue weighted by Crippen LogP contribution is -2.28. The monoisotopic (exact) mass is 163 g/mol. The van der Waals surface area contributed by atoms with E-state index in [1.54, 1.807) is 0 Å². The topological polar surface area (TPSA) is 43.1 Å². The normalized spacial score (nSPS) is 26.9. The van der Waals surface area contributed by atoms with Crippen molar-refractivity contribution >= 4 is 18.2 Å². The molecule has 0 saturated heterocycles. The fourth-order valence-electron chi connectivity index (χ4n) is 1.19. The molecule has 0 aromatic rings. The summed E-state index contributed by atoms with van der Waals surface area (Å²) in [6, 6.07) is -0.146. The Morgan fingerprint density at radius 3 is 2.70 bits per heavy atom. The van der Waals surface area contributed by atoms with Gasteiger partial charge in [0.2, 0.25) is 0 Å². The minimum absolute atomic E-state index is 0. The van der Waals surface area contributed by atoms with Crippen LogP contribution < -0.4 is 5.73 Å². The molecular formula is C7H14ClNO. The standard InChI is InChI=1S/C7H13NO.ClH/c8-6-4-2-1-3-5-7(6)9;/h6H,1-5,8H2;1H. The van der Waals surface area contributed by atoms with Gasteiger partial charge in [-0.05, 0) is 12.8 Å². The smallest absolute Gasteiger partial charge is 0.149 e. The molecule has 1 fully saturated rings. The van der Waals surface area contributed by atoms with Crippen molar-refractivity contribution in [2.45, 2.75) is 38.1 Å².